The molecule has 112 valence electrons. The molecule has 1 heterocycles. The number of benzene rings is 1. The van der Waals surface area contributed by atoms with Crippen molar-refractivity contribution in [3.05, 3.63) is 35.1 Å². The average molecular weight is 290 g/mol. The summed E-state index contributed by atoms with van der Waals surface area (Å²) in [5.74, 6) is 5.16. The molecule has 1 amide bonds. The van der Waals surface area contributed by atoms with Gasteiger partial charge in [0.25, 0.3) is 5.91 Å². The van der Waals surface area contributed by atoms with E-state index in [2.05, 4.69) is 17.2 Å². The molecule has 3 N–H and O–H groups in total. The van der Waals surface area contributed by atoms with Gasteiger partial charge in [-0.25, -0.2) is 4.39 Å². The molecule has 1 aliphatic heterocycles. The Kier molecular flexibility index (Phi) is 5.73. The highest BCUT2D eigenvalue weighted by molar-refractivity contribution is 5.96. The van der Waals surface area contributed by atoms with Gasteiger partial charge in [0.1, 0.15) is 5.82 Å². The van der Waals surface area contributed by atoms with Crippen LogP contribution in [0.25, 0.3) is 0 Å². The Balaban J connectivity index is 2.03. The minimum absolute atomic E-state index is 0.166. The van der Waals surface area contributed by atoms with Crippen molar-refractivity contribution in [2.75, 3.05) is 26.3 Å². The minimum Gasteiger partial charge on any atom is -0.381 e. The third kappa shape index (κ3) is 4.55. The van der Waals surface area contributed by atoms with Gasteiger partial charge in [0.2, 0.25) is 0 Å². The van der Waals surface area contributed by atoms with Crippen LogP contribution in [0.2, 0.25) is 0 Å². The summed E-state index contributed by atoms with van der Waals surface area (Å²) >= 11 is 0. The van der Waals surface area contributed by atoms with Crippen molar-refractivity contribution in [1.29, 1.82) is 0 Å². The summed E-state index contributed by atoms with van der Waals surface area (Å²) in [6.45, 7) is 2.25. The Labute approximate surface area is 123 Å². The SMILES string of the molecule is NCC#Cc1cc(F)ccc1C(=O)NCC1CCOCC1. The number of carbonyl (C=O) groups excluding carboxylic acids is 1. The van der Waals surface area contributed by atoms with Crippen molar-refractivity contribution < 1.29 is 13.9 Å². The number of ether oxygens (including phenoxy) is 1. The van der Waals surface area contributed by atoms with Crippen LogP contribution in [0.5, 0.6) is 0 Å². The second kappa shape index (κ2) is 7.77. The number of hydrogen-bond acceptors (Lipinski definition) is 3. The van der Waals surface area contributed by atoms with Crippen LogP contribution >= 0.6 is 0 Å². The molecule has 1 saturated heterocycles. The van der Waals surface area contributed by atoms with E-state index in [4.69, 9.17) is 10.5 Å². The molecule has 5 heteroatoms. The van der Waals surface area contributed by atoms with E-state index in [1.54, 1.807) is 0 Å². The minimum atomic E-state index is -0.419. The molecule has 1 aromatic rings. The topological polar surface area (TPSA) is 64.4 Å². The number of carbonyl (C=O) groups is 1. The van der Waals surface area contributed by atoms with Crippen LogP contribution in [-0.2, 0) is 4.74 Å². The van der Waals surface area contributed by atoms with Crippen LogP contribution in [0, 0.1) is 23.6 Å². The molecule has 0 bridgehead atoms. The fraction of sp³-hybridized carbons (Fsp3) is 0.438. The fourth-order valence-corrected chi connectivity index (χ4v) is 2.25. The molecule has 4 nitrogen and oxygen atoms in total. The van der Waals surface area contributed by atoms with Crippen LogP contribution in [0.4, 0.5) is 4.39 Å². The largest absolute Gasteiger partial charge is 0.381 e. The summed E-state index contributed by atoms with van der Waals surface area (Å²) in [7, 11) is 0. The van der Waals surface area contributed by atoms with E-state index in [1.165, 1.54) is 18.2 Å². The number of nitrogens with two attached hydrogens (primary N) is 1. The first-order valence-corrected chi connectivity index (χ1v) is 7.05. The molecule has 2 rings (SSSR count). The summed E-state index contributed by atoms with van der Waals surface area (Å²) in [6.07, 6.45) is 1.90. The van der Waals surface area contributed by atoms with Crippen LogP contribution in [0.1, 0.15) is 28.8 Å². The second-order valence-electron chi connectivity index (χ2n) is 4.96. The van der Waals surface area contributed by atoms with Crippen molar-refractivity contribution in [1.82, 2.24) is 5.32 Å². The van der Waals surface area contributed by atoms with Crippen LogP contribution < -0.4 is 11.1 Å². The van der Waals surface area contributed by atoms with Crippen LogP contribution in [-0.4, -0.2) is 32.2 Å². The Hall–Kier alpha value is -1.90. The molecule has 1 aliphatic rings. The summed E-state index contributed by atoms with van der Waals surface area (Å²) < 4.78 is 18.6. The molecular weight excluding hydrogens is 271 g/mol. The number of hydrogen-bond donors (Lipinski definition) is 2. The number of halogens is 1. The highest BCUT2D eigenvalue weighted by atomic mass is 19.1. The molecule has 0 unspecified atom stereocenters. The first kappa shape index (κ1) is 15.5. The summed E-state index contributed by atoms with van der Waals surface area (Å²) in [5, 5.41) is 2.89. The van der Waals surface area contributed by atoms with Gasteiger partial charge >= 0.3 is 0 Å². The van der Waals surface area contributed by atoms with E-state index in [0.717, 1.165) is 26.1 Å². The Morgan fingerprint density at radius 3 is 2.90 bits per heavy atom. The maximum atomic E-state index is 13.3. The zero-order valence-electron chi connectivity index (χ0n) is 11.8. The van der Waals surface area contributed by atoms with Gasteiger partial charge in [0.15, 0.2) is 0 Å². The van der Waals surface area contributed by atoms with Gasteiger partial charge in [-0.1, -0.05) is 11.8 Å². The van der Waals surface area contributed by atoms with Crippen molar-refractivity contribution >= 4 is 5.91 Å². The molecule has 0 spiro atoms. The molecule has 21 heavy (non-hydrogen) atoms. The smallest absolute Gasteiger partial charge is 0.252 e. The van der Waals surface area contributed by atoms with Gasteiger partial charge < -0.3 is 15.8 Å². The number of rotatable bonds is 3. The highest BCUT2D eigenvalue weighted by Gasteiger charge is 2.16. The quantitative estimate of drug-likeness (QED) is 0.825. The standard InChI is InChI=1S/C16H19FN2O2/c17-14-3-4-15(13(10-14)2-1-7-18)16(20)19-11-12-5-8-21-9-6-12/h3-4,10,12H,5-9,11,18H2,(H,19,20). The lowest BCUT2D eigenvalue weighted by Gasteiger charge is -2.22. The van der Waals surface area contributed by atoms with E-state index < -0.39 is 5.82 Å². The van der Waals surface area contributed by atoms with Gasteiger partial charge in [0, 0.05) is 25.3 Å². The van der Waals surface area contributed by atoms with Gasteiger partial charge in [-0.2, -0.15) is 0 Å². The Morgan fingerprint density at radius 2 is 2.19 bits per heavy atom. The van der Waals surface area contributed by atoms with Gasteiger partial charge in [-0.15, -0.1) is 0 Å². The summed E-state index contributed by atoms with van der Waals surface area (Å²) in [5.41, 5.74) is 6.06. The van der Waals surface area contributed by atoms with E-state index in [9.17, 15) is 9.18 Å². The normalized spacial score (nSPS) is 15.1. The van der Waals surface area contributed by atoms with E-state index in [-0.39, 0.29) is 12.5 Å². The lowest BCUT2D eigenvalue weighted by molar-refractivity contribution is 0.0642. The Morgan fingerprint density at radius 1 is 1.43 bits per heavy atom. The molecule has 0 aliphatic carbocycles. The fourth-order valence-electron chi connectivity index (χ4n) is 2.25. The third-order valence-electron chi connectivity index (χ3n) is 3.44. The van der Waals surface area contributed by atoms with Crippen molar-refractivity contribution in [2.45, 2.75) is 12.8 Å². The van der Waals surface area contributed by atoms with E-state index in [1.807, 2.05) is 0 Å². The van der Waals surface area contributed by atoms with Gasteiger partial charge in [-0.05, 0) is 37.0 Å². The molecule has 0 atom stereocenters. The third-order valence-corrected chi connectivity index (χ3v) is 3.44. The van der Waals surface area contributed by atoms with E-state index in [0.29, 0.717) is 23.6 Å². The Bertz CT molecular complexity index is 557. The van der Waals surface area contributed by atoms with Crippen molar-refractivity contribution in [3.8, 4) is 11.8 Å². The molecule has 1 fully saturated rings. The molecule has 1 aromatic carbocycles. The maximum absolute atomic E-state index is 13.3. The zero-order valence-corrected chi connectivity index (χ0v) is 11.8. The zero-order chi connectivity index (χ0) is 15.1. The van der Waals surface area contributed by atoms with Gasteiger partial charge in [0.05, 0.1) is 12.1 Å². The maximum Gasteiger partial charge on any atom is 0.252 e. The first-order chi connectivity index (χ1) is 10.2. The van der Waals surface area contributed by atoms with Crippen molar-refractivity contribution in [3.63, 3.8) is 0 Å². The monoisotopic (exact) mass is 290 g/mol. The van der Waals surface area contributed by atoms with Crippen molar-refractivity contribution in [2.24, 2.45) is 11.7 Å². The van der Waals surface area contributed by atoms with Crippen LogP contribution in [0.3, 0.4) is 0 Å². The number of nitrogens with one attached hydrogen (secondary N) is 1. The summed E-state index contributed by atoms with van der Waals surface area (Å²) in [6, 6.07) is 3.97. The molecule has 0 saturated carbocycles. The van der Waals surface area contributed by atoms with E-state index >= 15 is 0 Å². The molecule has 0 aromatic heterocycles. The van der Waals surface area contributed by atoms with Gasteiger partial charge in [-0.3, -0.25) is 4.79 Å². The first-order valence-electron chi connectivity index (χ1n) is 7.05. The predicted molar refractivity (Wildman–Crippen MR) is 78.2 cm³/mol. The highest BCUT2D eigenvalue weighted by Crippen LogP contribution is 2.14. The predicted octanol–water partition coefficient (Wildman–Crippen LogP) is 1.29. The lowest BCUT2D eigenvalue weighted by atomic mass is 10.00. The second-order valence-corrected chi connectivity index (χ2v) is 4.96. The average Bonchev–Trinajstić information content (AvgIpc) is 2.51. The molecular formula is C16H19FN2O2. The molecule has 0 radical (unpaired) electrons. The lowest BCUT2D eigenvalue weighted by Crippen LogP contribution is -2.32. The van der Waals surface area contributed by atoms with Crippen LogP contribution in [0.15, 0.2) is 18.2 Å². The summed E-state index contributed by atoms with van der Waals surface area (Å²) in [4.78, 5) is 12.2. The number of amides is 1.